The summed E-state index contributed by atoms with van der Waals surface area (Å²) < 4.78 is 0. The molecule has 3 unspecified atom stereocenters. The van der Waals surface area contributed by atoms with E-state index in [1.807, 2.05) is 0 Å². The number of piperazine rings is 1. The zero-order chi connectivity index (χ0) is 13.9. The summed E-state index contributed by atoms with van der Waals surface area (Å²) in [5.74, 6) is 2.84. The predicted octanol–water partition coefficient (Wildman–Crippen LogP) is 3.67. The molecule has 1 N–H and O–H groups in total. The van der Waals surface area contributed by atoms with Crippen molar-refractivity contribution in [3.63, 3.8) is 0 Å². The third-order valence-corrected chi connectivity index (χ3v) is 6.20. The number of hydrogen-bond acceptors (Lipinski definition) is 2. The maximum atomic E-state index is 3.94. The highest BCUT2D eigenvalue weighted by Gasteiger charge is 2.37. The first kappa shape index (κ1) is 14.8. The van der Waals surface area contributed by atoms with E-state index >= 15 is 0 Å². The standard InChI is InChI=1S/C18H34N2/c1-3-14(2)18-11-19-17(16-7-5-4-6-8-16)13-20(18)12-15-9-10-15/h14-19H,3-13H2,1-2H3. The molecule has 1 heterocycles. The van der Waals surface area contributed by atoms with E-state index < -0.39 is 0 Å². The first-order valence-corrected chi connectivity index (χ1v) is 9.25. The zero-order valence-electron chi connectivity index (χ0n) is 13.6. The average molecular weight is 278 g/mol. The van der Waals surface area contributed by atoms with Gasteiger partial charge in [-0.05, 0) is 43.4 Å². The molecule has 2 heteroatoms. The van der Waals surface area contributed by atoms with E-state index in [2.05, 4.69) is 24.1 Å². The Hall–Kier alpha value is -0.0800. The van der Waals surface area contributed by atoms with Crippen LogP contribution in [0.3, 0.4) is 0 Å². The monoisotopic (exact) mass is 278 g/mol. The molecule has 0 aromatic heterocycles. The van der Waals surface area contributed by atoms with Crippen LogP contribution in [-0.2, 0) is 0 Å². The number of rotatable bonds is 5. The molecule has 2 saturated carbocycles. The fourth-order valence-electron chi connectivity index (χ4n) is 4.38. The van der Waals surface area contributed by atoms with Crippen LogP contribution in [0.15, 0.2) is 0 Å². The van der Waals surface area contributed by atoms with Crippen molar-refractivity contribution in [2.75, 3.05) is 19.6 Å². The van der Waals surface area contributed by atoms with Gasteiger partial charge in [0, 0.05) is 31.7 Å². The summed E-state index contributed by atoms with van der Waals surface area (Å²) in [5.41, 5.74) is 0. The Kier molecular flexibility index (Phi) is 5.04. The lowest BCUT2D eigenvalue weighted by molar-refractivity contribution is 0.0630. The van der Waals surface area contributed by atoms with Gasteiger partial charge in [-0.15, -0.1) is 0 Å². The Labute approximate surface area is 125 Å². The molecule has 116 valence electrons. The zero-order valence-corrected chi connectivity index (χ0v) is 13.6. The van der Waals surface area contributed by atoms with Gasteiger partial charge in [0.25, 0.3) is 0 Å². The molecule has 0 spiro atoms. The summed E-state index contributed by atoms with van der Waals surface area (Å²) >= 11 is 0. The summed E-state index contributed by atoms with van der Waals surface area (Å²) in [7, 11) is 0. The van der Waals surface area contributed by atoms with E-state index in [1.165, 1.54) is 71.0 Å². The summed E-state index contributed by atoms with van der Waals surface area (Å²) in [4.78, 5) is 2.88. The van der Waals surface area contributed by atoms with Crippen molar-refractivity contribution in [3.8, 4) is 0 Å². The Balaban J connectivity index is 1.60. The normalized spacial score (nSPS) is 35.1. The Morgan fingerprint density at radius 3 is 2.50 bits per heavy atom. The van der Waals surface area contributed by atoms with Crippen LogP contribution in [0.25, 0.3) is 0 Å². The van der Waals surface area contributed by atoms with E-state index in [1.54, 1.807) is 0 Å². The van der Waals surface area contributed by atoms with Gasteiger partial charge in [0.05, 0.1) is 0 Å². The van der Waals surface area contributed by atoms with E-state index in [0.717, 1.165) is 29.8 Å². The second-order valence-electron chi connectivity index (χ2n) is 7.76. The van der Waals surface area contributed by atoms with Crippen LogP contribution < -0.4 is 5.32 Å². The van der Waals surface area contributed by atoms with E-state index in [4.69, 9.17) is 0 Å². The summed E-state index contributed by atoms with van der Waals surface area (Å²) in [6.45, 7) is 8.76. The maximum Gasteiger partial charge on any atom is 0.0247 e. The molecule has 2 aliphatic carbocycles. The van der Waals surface area contributed by atoms with Gasteiger partial charge in [0.2, 0.25) is 0 Å². The molecule has 1 saturated heterocycles. The fourth-order valence-corrected chi connectivity index (χ4v) is 4.38. The second-order valence-corrected chi connectivity index (χ2v) is 7.76. The van der Waals surface area contributed by atoms with Gasteiger partial charge in [-0.2, -0.15) is 0 Å². The van der Waals surface area contributed by atoms with Crippen LogP contribution in [0.5, 0.6) is 0 Å². The van der Waals surface area contributed by atoms with E-state index in [0.29, 0.717) is 0 Å². The van der Waals surface area contributed by atoms with E-state index in [-0.39, 0.29) is 0 Å². The van der Waals surface area contributed by atoms with Crippen molar-refractivity contribution in [2.45, 2.75) is 77.3 Å². The molecular formula is C18H34N2. The van der Waals surface area contributed by atoms with Crippen LogP contribution in [-0.4, -0.2) is 36.6 Å². The smallest absolute Gasteiger partial charge is 0.0247 e. The van der Waals surface area contributed by atoms with Crippen LogP contribution in [0, 0.1) is 17.8 Å². The summed E-state index contributed by atoms with van der Waals surface area (Å²) in [5, 5.41) is 3.94. The van der Waals surface area contributed by atoms with Crippen LogP contribution >= 0.6 is 0 Å². The number of nitrogens with zero attached hydrogens (tertiary/aromatic N) is 1. The van der Waals surface area contributed by atoms with Gasteiger partial charge in [-0.3, -0.25) is 4.90 Å². The average Bonchev–Trinajstić information content (AvgIpc) is 3.31. The van der Waals surface area contributed by atoms with Crippen LogP contribution in [0.2, 0.25) is 0 Å². The molecule has 0 aromatic carbocycles. The highest BCUT2D eigenvalue weighted by atomic mass is 15.2. The molecule has 0 bridgehead atoms. The molecular weight excluding hydrogens is 244 g/mol. The Morgan fingerprint density at radius 1 is 1.10 bits per heavy atom. The predicted molar refractivity (Wildman–Crippen MR) is 85.9 cm³/mol. The molecule has 0 aromatic rings. The minimum absolute atomic E-state index is 0.786. The Bertz CT molecular complexity index is 294. The second kappa shape index (κ2) is 6.79. The van der Waals surface area contributed by atoms with Crippen LogP contribution in [0.1, 0.15) is 65.2 Å². The minimum Gasteiger partial charge on any atom is -0.311 e. The number of hydrogen-bond donors (Lipinski definition) is 1. The fraction of sp³-hybridized carbons (Fsp3) is 1.00. The van der Waals surface area contributed by atoms with E-state index in [9.17, 15) is 0 Å². The molecule has 20 heavy (non-hydrogen) atoms. The number of nitrogens with one attached hydrogen (secondary N) is 1. The first-order valence-electron chi connectivity index (χ1n) is 9.25. The van der Waals surface area contributed by atoms with Crippen molar-refractivity contribution in [1.82, 2.24) is 10.2 Å². The molecule has 3 fully saturated rings. The van der Waals surface area contributed by atoms with Gasteiger partial charge >= 0.3 is 0 Å². The van der Waals surface area contributed by atoms with Crippen molar-refractivity contribution in [1.29, 1.82) is 0 Å². The van der Waals surface area contributed by atoms with Gasteiger partial charge in [-0.25, -0.2) is 0 Å². The summed E-state index contributed by atoms with van der Waals surface area (Å²) in [6.07, 6.45) is 11.7. The topological polar surface area (TPSA) is 15.3 Å². The highest BCUT2D eigenvalue weighted by Crippen LogP contribution is 2.34. The molecule has 3 aliphatic rings. The largest absolute Gasteiger partial charge is 0.311 e. The lowest BCUT2D eigenvalue weighted by atomic mass is 9.81. The molecule has 0 amide bonds. The van der Waals surface area contributed by atoms with Crippen molar-refractivity contribution in [3.05, 3.63) is 0 Å². The molecule has 1 aliphatic heterocycles. The summed E-state index contributed by atoms with van der Waals surface area (Å²) in [6, 6.07) is 1.58. The molecule has 3 rings (SSSR count). The molecule has 3 atom stereocenters. The molecule has 0 radical (unpaired) electrons. The quantitative estimate of drug-likeness (QED) is 0.825. The Morgan fingerprint density at radius 2 is 1.85 bits per heavy atom. The van der Waals surface area contributed by atoms with Gasteiger partial charge in [-0.1, -0.05) is 39.5 Å². The first-order chi connectivity index (χ1) is 9.78. The SMILES string of the molecule is CCC(C)C1CNC(C2CCCCC2)CN1CC1CC1. The third kappa shape index (κ3) is 3.57. The van der Waals surface area contributed by atoms with Gasteiger partial charge < -0.3 is 5.32 Å². The lowest BCUT2D eigenvalue weighted by Gasteiger charge is -2.46. The lowest BCUT2D eigenvalue weighted by Crippen LogP contribution is -2.60. The van der Waals surface area contributed by atoms with Crippen LogP contribution in [0.4, 0.5) is 0 Å². The van der Waals surface area contributed by atoms with Gasteiger partial charge in [0.15, 0.2) is 0 Å². The molecule has 2 nitrogen and oxygen atoms in total. The third-order valence-electron chi connectivity index (χ3n) is 6.20. The van der Waals surface area contributed by atoms with Gasteiger partial charge in [0.1, 0.15) is 0 Å². The van der Waals surface area contributed by atoms with Crippen molar-refractivity contribution in [2.24, 2.45) is 17.8 Å². The van der Waals surface area contributed by atoms with Crippen molar-refractivity contribution < 1.29 is 0 Å². The highest BCUT2D eigenvalue weighted by molar-refractivity contribution is 4.94. The van der Waals surface area contributed by atoms with Crippen molar-refractivity contribution >= 4 is 0 Å². The maximum absolute atomic E-state index is 3.94. The minimum atomic E-state index is 0.786.